The van der Waals surface area contributed by atoms with Gasteiger partial charge in [-0.15, -0.1) is 0 Å². The summed E-state index contributed by atoms with van der Waals surface area (Å²) in [5, 5.41) is 9.95. The van der Waals surface area contributed by atoms with E-state index in [4.69, 9.17) is 10.5 Å². The van der Waals surface area contributed by atoms with Gasteiger partial charge in [-0.3, -0.25) is 0 Å². The molecule has 2 fully saturated rings. The Morgan fingerprint density at radius 2 is 2.17 bits per heavy atom. The Bertz CT molecular complexity index is 449. The summed E-state index contributed by atoms with van der Waals surface area (Å²) in [6.07, 6.45) is 1.95. The average Bonchev–Trinajstić information content (AvgIpc) is 2.92. The average molecular weight is 248 g/mol. The molecular weight excluding hydrogens is 228 g/mol. The zero-order valence-corrected chi connectivity index (χ0v) is 10.7. The van der Waals surface area contributed by atoms with Crippen LogP contribution in [0.5, 0.6) is 5.75 Å². The molecule has 2 aliphatic rings. The molecule has 1 aliphatic heterocycles. The molecule has 1 saturated heterocycles. The molecule has 1 saturated carbocycles. The number of aliphatic hydroxyl groups excluding tert-OH is 1. The van der Waals surface area contributed by atoms with Gasteiger partial charge in [-0.2, -0.15) is 0 Å². The Balaban J connectivity index is 1.85. The lowest BCUT2D eigenvalue weighted by Crippen LogP contribution is -2.25. The number of hydrogen-bond acceptors (Lipinski definition) is 4. The number of nitrogen functional groups attached to an aromatic ring is 1. The zero-order valence-electron chi connectivity index (χ0n) is 10.7. The van der Waals surface area contributed by atoms with Crippen molar-refractivity contribution < 1.29 is 9.84 Å². The molecule has 3 N–H and O–H groups in total. The number of methoxy groups -OCH3 is 1. The van der Waals surface area contributed by atoms with Crippen LogP contribution < -0.4 is 15.4 Å². The van der Waals surface area contributed by atoms with Gasteiger partial charge in [-0.1, -0.05) is 6.07 Å². The topological polar surface area (TPSA) is 58.7 Å². The summed E-state index contributed by atoms with van der Waals surface area (Å²) < 4.78 is 5.26. The Morgan fingerprint density at radius 3 is 2.89 bits per heavy atom. The molecular formula is C14H20N2O2. The Kier molecular flexibility index (Phi) is 2.82. The van der Waals surface area contributed by atoms with Gasteiger partial charge in [0.15, 0.2) is 0 Å². The number of hydrogen-bond donors (Lipinski definition) is 2. The lowest BCUT2D eigenvalue weighted by Gasteiger charge is -2.23. The molecule has 0 radical (unpaired) electrons. The molecule has 1 aromatic rings. The molecule has 3 unspecified atom stereocenters. The van der Waals surface area contributed by atoms with E-state index >= 15 is 0 Å². The normalized spacial score (nSPS) is 30.6. The van der Waals surface area contributed by atoms with Crippen molar-refractivity contribution >= 4 is 11.4 Å². The van der Waals surface area contributed by atoms with Crippen LogP contribution in [0.15, 0.2) is 18.2 Å². The number of anilines is 2. The molecule has 3 atom stereocenters. The van der Waals surface area contributed by atoms with E-state index in [0.717, 1.165) is 37.4 Å². The number of para-hydroxylation sites is 1. The molecule has 98 valence electrons. The number of nitrogens with zero attached hydrogens (tertiary/aromatic N) is 1. The standard InChI is InChI=1S/C14H20N2O2/c1-18-13-4-2-3-11(14(13)15)16-7-9-5-6-12(17)10(9)8-16/h2-4,9-10,12,17H,5-8,15H2,1H3. The molecule has 0 spiro atoms. The predicted octanol–water partition coefficient (Wildman–Crippen LogP) is 1.48. The fourth-order valence-corrected chi connectivity index (χ4v) is 3.42. The number of rotatable bonds is 2. The Labute approximate surface area is 107 Å². The minimum Gasteiger partial charge on any atom is -0.495 e. The first-order valence-corrected chi connectivity index (χ1v) is 6.56. The SMILES string of the molecule is COc1cccc(N2CC3CCC(O)C3C2)c1N. The second-order valence-electron chi connectivity index (χ2n) is 5.37. The fraction of sp³-hybridized carbons (Fsp3) is 0.571. The largest absolute Gasteiger partial charge is 0.495 e. The molecule has 0 aromatic heterocycles. The minimum atomic E-state index is -0.133. The third kappa shape index (κ3) is 1.72. The number of ether oxygens (including phenoxy) is 1. The fourth-order valence-electron chi connectivity index (χ4n) is 3.42. The van der Waals surface area contributed by atoms with Crippen molar-refractivity contribution in [1.29, 1.82) is 0 Å². The van der Waals surface area contributed by atoms with Gasteiger partial charge in [0.2, 0.25) is 0 Å². The molecule has 3 rings (SSSR count). The summed E-state index contributed by atoms with van der Waals surface area (Å²) in [4.78, 5) is 2.29. The van der Waals surface area contributed by atoms with E-state index in [9.17, 15) is 5.11 Å². The van der Waals surface area contributed by atoms with Crippen molar-refractivity contribution in [2.75, 3.05) is 30.8 Å². The predicted molar refractivity (Wildman–Crippen MR) is 71.8 cm³/mol. The maximum atomic E-state index is 9.95. The number of aliphatic hydroxyl groups is 1. The summed E-state index contributed by atoms with van der Waals surface area (Å²) in [5.41, 5.74) is 7.87. The maximum absolute atomic E-state index is 9.95. The summed E-state index contributed by atoms with van der Waals surface area (Å²) in [7, 11) is 1.64. The molecule has 0 bridgehead atoms. The van der Waals surface area contributed by atoms with Crippen molar-refractivity contribution in [2.45, 2.75) is 18.9 Å². The molecule has 4 nitrogen and oxygen atoms in total. The van der Waals surface area contributed by atoms with Gasteiger partial charge in [0.05, 0.1) is 24.6 Å². The summed E-state index contributed by atoms with van der Waals surface area (Å²) >= 11 is 0. The quantitative estimate of drug-likeness (QED) is 0.778. The van der Waals surface area contributed by atoms with Crippen molar-refractivity contribution in [2.24, 2.45) is 11.8 Å². The van der Waals surface area contributed by atoms with Gasteiger partial charge in [0.25, 0.3) is 0 Å². The van der Waals surface area contributed by atoms with Gasteiger partial charge in [-0.25, -0.2) is 0 Å². The van der Waals surface area contributed by atoms with E-state index in [2.05, 4.69) is 4.90 Å². The second-order valence-corrected chi connectivity index (χ2v) is 5.37. The van der Waals surface area contributed by atoms with Crippen LogP contribution in [0.2, 0.25) is 0 Å². The van der Waals surface area contributed by atoms with Gasteiger partial charge in [0.1, 0.15) is 5.75 Å². The molecule has 1 aromatic carbocycles. The number of benzene rings is 1. The highest BCUT2D eigenvalue weighted by atomic mass is 16.5. The van der Waals surface area contributed by atoms with Gasteiger partial charge in [0, 0.05) is 19.0 Å². The van der Waals surface area contributed by atoms with Crippen LogP contribution in [0, 0.1) is 11.8 Å². The number of fused-ring (bicyclic) bond motifs is 1. The van der Waals surface area contributed by atoms with E-state index in [-0.39, 0.29) is 6.10 Å². The Morgan fingerprint density at radius 1 is 1.33 bits per heavy atom. The minimum absolute atomic E-state index is 0.133. The van der Waals surface area contributed by atoms with Crippen LogP contribution in [0.3, 0.4) is 0 Å². The van der Waals surface area contributed by atoms with Crippen molar-refractivity contribution in [3.8, 4) is 5.75 Å². The lowest BCUT2D eigenvalue weighted by atomic mass is 10.00. The van der Waals surface area contributed by atoms with E-state index in [1.165, 1.54) is 0 Å². The molecule has 1 aliphatic carbocycles. The molecule has 18 heavy (non-hydrogen) atoms. The van der Waals surface area contributed by atoms with Crippen LogP contribution in [-0.4, -0.2) is 31.4 Å². The number of nitrogens with two attached hydrogens (primary N) is 1. The smallest absolute Gasteiger partial charge is 0.143 e. The molecule has 4 heteroatoms. The monoisotopic (exact) mass is 248 g/mol. The van der Waals surface area contributed by atoms with Gasteiger partial charge < -0.3 is 20.5 Å². The van der Waals surface area contributed by atoms with Crippen molar-refractivity contribution in [3.63, 3.8) is 0 Å². The van der Waals surface area contributed by atoms with Gasteiger partial charge >= 0.3 is 0 Å². The van der Waals surface area contributed by atoms with Crippen molar-refractivity contribution in [3.05, 3.63) is 18.2 Å². The van der Waals surface area contributed by atoms with Crippen LogP contribution in [0.4, 0.5) is 11.4 Å². The first-order chi connectivity index (χ1) is 8.70. The van der Waals surface area contributed by atoms with Crippen molar-refractivity contribution in [1.82, 2.24) is 0 Å². The molecule has 1 heterocycles. The van der Waals surface area contributed by atoms with Crippen LogP contribution in [0.25, 0.3) is 0 Å². The first kappa shape index (κ1) is 11.7. The highest BCUT2D eigenvalue weighted by molar-refractivity contribution is 5.74. The van der Waals surface area contributed by atoms with E-state index < -0.39 is 0 Å². The third-order valence-corrected chi connectivity index (χ3v) is 4.42. The lowest BCUT2D eigenvalue weighted by molar-refractivity contribution is 0.133. The Hall–Kier alpha value is -1.42. The highest BCUT2D eigenvalue weighted by Crippen LogP contribution is 2.42. The van der Waals surface area contributed by atoms with Crippen LogP contribution in [-0.2, 0) is 0 Å². The maximum Gasteiger partial charge on any atom is 0.143 e. The highest BCUT2D eigenvalue weighted by Gasteiger charge is 2.42. The second kappa shape index (κ2) is 4.35. The van der Waals surface area contributed by atoms with Gasteiger partial charge in [-0.05, 0) is 30.9 Å². The van der Waals surface area contributed by atoms with E-state index in [0.29, 0.717) is 17.5 Å². The summed E-state index contributed by atoms with van der Waals surface area (Å²) in [6.45, 7) is 1.91. The van der Waals surface area contributed by atoms with Crippen LogP contribution in [0.1, 0.15) is 12.8 Å². The van der Waals surface area contributed by atoms with E-state index in [1.807, 2.05) is 18.2 Å². The molecule has 0 amide bonds. The van der Waals surface area contributed by atoms with Crippen LogP contribution >= 0.6 is 0 Å². The van der Waals surface area contributed by atoms with E-state index in [1.54, 1.807) is 7.11 Å². The summed E-state index contributed by atoms with van der Waals surface area (Å²) in [5.74, 6) is 1.76. The first-order valence-electron chi connectivity index (χ1n) is 6.56. The summed E-state index contributed by atoms with van der Waals surface area (Å²) in [6, 6.07) is 5.88. The third-order valence-electron chi connectivity index (χ3n) is 4.42. The zero-order chi connectivity index (χ0) is 12.7.